The zero-order valence-corrected chi connectivity index (χ0v) is 11.5. The molecule has 16 heavy (non-hydrogen) atoms. The van der Waals surface area contributed by atoms with Crippen molar-refractivity contribution in [3.8, 4) is 0 Å². The van der Waals surface area contributed by atoms with Crippen LogP contribution in [0.3, 0.4) is 0 Å². The normalized spacial score (nSPS) is 13.0. The van der Waals surface area contributed by atoms with Crippen molar-refractivity contribution in [2.75, 3.05) is 18.6 Å². The molecule has 0 saturated carbocycles. The first-order chi connectivity index (χ1) is 7.52. The molecule has 0 spiro atoms. The van der Waals surface area contributed by atoms with Crippen LogP contribution in [0.25, 0.3) is 0 Å². The van der Waals surface area contributed by atoms with Crippen molar-refractivity contribution in [3.63, 3.8) is 0 Å². The van der Waals surface area contributed by atoms with Gasteiger partial charge in [0.25, 0.3) is 0 Å². The molecule has 1 unspecified atom stereocenters. The fraction of sp³-hybridized carbons (Fsp3) is 0.700. The summed E-state index contributed by atoms with van der Waals surface area (Å²) in [5, 5.41) is 8.24. The number of hydrogen-bond acceptors (Lipinski definition) is 3. The molecular formula is C10H18ClN3OS. The first-order valence-corrected chi connectivity index (χ1v) is 7.31. The number of nitrogens with zero attached hydrogens (tertiary/aromatic N) is 2. The van der Waals surface area contributed by atoms with Gasteiger partial charge < -0.3 is 5.32 Å². The number of halogens is 1. The van der Waals surface area contributed by atoms with Gasteiger partial charge in [0.1, 0.15) is 0 Å². The highest BCUT2D eigenvalue weighted by Gasteiger charge is 2.09. The Morgan fingerprint density at radius 3 is 2.75 bits per heavy atom. The average molecular weight is 264 g/mol. The molecule has 0 fully saturated rings. The van der Waals surface area contributed by atoms with Crippen LogP contribution >= 0.6 is 11.6 Å². The standard InChI is InChI=1S/C10H18ClN3OS/c1-8-10(11)9(14(2)13-8)7-12-5-4-6-16(3)15/h12H,4-7H2,1-3H3. The van der Waals surface area contributed by atoms with Gasteiger partial charge >= 0.3 is 0 Å². The van der Waals surface area contributed by atoms with E-state index >= 15 is 0 Å². The van der Waals surface area contributed by atoms with Crippen molar-refractivity contribution in [2.24, 2.45) is 7.05 Å². The third-order valence-electron chi connectivity index (χ3n) is 2.34. The molecular weight excluding hydrogens is 246 g/mol. The summed E-state index contributed by atoms with van der Waals surface area (Å²) in [5.74, 6) is 0.741. The molecule has 0 amide bonds. The Hall–Kier alpha value is -0.390. The zero-order chi connectivity index (χ0) is 12.1. The van der Waals surface area contributed by atoms with Crippen molar-refractivity contribution < 1.29 is 4.21 Å². The monoisotopic (exact) mass is 263 g/mol. The number of aromatic nitrogens is 2. The van der Waals surface area contributed by atoms with Gasteiger partial charge in [-0.2, -0.15) is 5.10 Å². The van der Waals surface area contributed by atoms with Crippen LogP contribution in [0, 0.1) is 6.92 Å². The molecule has 6 heteroatoms. The molecule has 1 N–H and O–H groups in total. The van der Waals surface area contributed by atoms with Crippen molar-refractivity contribution in [3.05, 3.63) is 16.4 Å². The lowest BCUT2D eigenvalue weighted by Crippen LogP contribution is -2.18. The zero-order valence-electron chi connectivity index (χ0n) is 9.92. The van der Waals surface area contributed by atoms with E-state index in [1.54, 1.807) is 10.9 Å². The molecule has 0 aliphatic rings. The van der Waals surface area contributed by atoms with Crippen molar-refractivity contribution in [2.45, 2.75) is 19.9 Å². The minimum atomic E-state index is -0.702. The van der Waals surface area contributed by atoms with Crippen LogP contribution in [-0.4, -0.2) is 32.5 Å². The van der Waals surface area contributed by atoms with Crippen LogP contribution in [0.2, 0.25) is 5.02 Å². The van der Waals surface area contributed by atoms with E-state index in [0.29, 0.717) is 6.54 Å². The van der Waals surface area contributed by atoms with Gasteiger partial charge in [-0.15, -0.1) is 0 Å². The van der Waals surface area contributed by atoms with E-state index in [1.165, 1.54) is 0 Å². The first kappa shape index (κ1) is 13.7. The van der Waals surface area contributed by atoms with E-state index in [2.05, 4.69) is 10.4 Å². The smallest absolute Gasteiger partial charge is 0.0860 e. The Labute approximate surface area is 104 Å². The van der Waals surface area contributed by atoms with Crippen molar-refractivity contribution in [1.82, 2.24) is 15.1 Å². The minimum Gasteiger partial charge on any atom is -0.311 e. The number of rotatable bonds is 6. The summed E-state index contributed by atoms with van der Waals surface area (Å²) in [7, 11) is 1.18. The molecule has 0 bridgehead atoms. The Morgan fingerprint density at radius 2 is 2.25 bits per heavy atom. The van der Waals surface area contributed by atoms with Gasteiger partial charge in [-0.05, 0) is 19.9 Å². The summed E-state index contributed by atoms with van der Waals surface area (Å²) in [4.78, 5) is 0. The van der Waals surface area contributed by atoms with Gasteiger partial charge in [-0.1, -0.05) is 11.6 Å². The quantitative estimate of drug-likeness (QED) is 0.786. The Morgan fingerprint density at radius 1 is 1.56 bits per heavy atom. The van der Waals surface area contributed by atoms with Gasteiger partial charge in [-0.25, -0.2) is 0 Å². The van der Waals surface area contributed by atoms with Gasteiger partial charge in [-0.3, -0.25) is 8.89 Å². The number of aryl methyl sites for hydroxylation is 2. The van der Waals surface area contributed by atoms with Gasteiger partial charge in [0, 0.05) is 36.4 Å². The van der Waals surface area contributed by atoms with E-state index in [0.717, 1.165) is 35.1 Å². The summed E-state index contributed by atoms with van der Waals surface area (Å²) in [6.07, 6.45) is 2.64. The molecule has 0 aliphatic carbocycles. The highest BCUT2D eigenvalue weighted by Crippen LogP contribution is 2.18. The first-order valence-electron chi connectivity index (χ1n) is 5.21. The van der Waals surface area contributed by atoms with E-state index < -0.39 is 10.8 Å². The summed E-state index contributed by atoms with van der Waals surface area (Å²) >= 11 is 6.11. The third kappa shape index (κ3) is 3.88. The lowest BCUT2D eigenvalue weighted by molar-refractivity contribution is 0.617. The van der Waals surface area contributed by atoms with Crippen molar-refractivity contribution >= 4 is 22.4 Å². The molecule has 1 rings (SSSR count). The average Bonchev–Trinajstić information content (AvgIpc) is 2.43. The molecule has 1 atom stereocenters. The predicted molar refractivity (Wildman–Crippen MR) is 68.2 cm³/mol. The van der Waals surface area contributed by atoms with Crippen LogP contribution in [0.1, 0.15) is 17.8 Å². The maximum atomic E-state index is 10.8. The fourth-order valence-electron chi connectivity index (χ4n) is 1.48. The van der Waals surface area contributed by atoms with Gasteiger partial charge in [0.05, 0.1) is 16.4 Å². The molecule has 92 valence electrons. The highest BCUT2D eigenvalue weighted by atomic mass is 35.5. The lowest BCUT2D eigenvalue weighted by Gasteiger charge is -2.05. The Balaban J connectivity index is 2.34. The summed E-state index contributed by atoms with van der Waals surface area (Å²) in [6, 6.07) is 0. The number of hydrogen-bond donors (Lipinski definition) is 1. The topological polar surface area (TPSA) is 46.9 Å². The fourth-order valence-corrected chi connectivity index (χ4v) is 2.26. The minimum absolute atomic E-state index is 0.701. The lowest BCUT2D eigenvalue weighted by atomic mass is 10.3. The summed E-state index contributed by atoms with van der Waals surface area (Å²) in [5.41, 5.74) is 1.85. The molecule has 0 saturated heterocycles. The molecule has 0 radical (unpaired) electrons. The van der Waals surface area contributed by atoms with E-state index in [4.69, 9.17) is 11.6 Å². The largest absolute Gasteiger partial charge is 0.311 e. The van der Waals surface area contributed by atoms with E-state index in [-0.39, 0.29) is 0 Å². The van der Waals surface area contributed by atoms with Crippen LogP contribution in [-0.2, 0) is 24.4 Å². The molecule has 0 aromatic carbocycles. The van der Waals surface area contributed by atoms with Crippen LogP contribution in [0.4, 0.5) is 0 Å². The van der Waals surface area contributed by atoms with Gasteiger partial charge in [0.2, 0.25) is 0 Å². The van der Waals surface area contributed by atoms with E-state index in [1.807, 2.05) is 14.0 Å². The highest BCUT2D eigenvalue weighted by molar-refractivity contribution is 7.84. The predicted octanol–water partition coefficient (Wildman–Crippen LogP) is 1.24. The maximum Gasteiger partial charge on any atom is 0.0860 e. The maximum absolute atomic E-state index is 10.8. The molecule has 0 aliphatic heterocycles. The molecule has 1 aromatic rings. The summed E-state index contributed by atoms with van der Waals surface area (Å²) < 4.78 is 12.6. The second-order valence-corrected chi connectivity index (χ2v) is 5.71. The van der Waals surface area contributed by atoms with Crippen molar-refractivity contribution in [1.29, 1.82) is 0 Å². The summed E-state index contributed by atoms with van der Waals surface area (Å²) in [6.45, 7) is 3.44. The SMILES string of the molecule is Cc1nn(C)c(CNCCCS(C)=O)c1Cl. The molecule has 1 heterocycles. The molecule has 1 aromatic heterocycles. The van der Waals surface area contributed by atoms with Crippen LogP contribution < -0.4 is 5.32 Å². The molecule has 4 nitrogen and oxygen atoms in total. The Bertz CT molecular complexity index is 378. The number of nitrogens with one attached hydrogen (secondary N) is 1. The second-order valence-electron chi connectivity index (χ2n) is 3.78. The van der Waals surface area contributed by atoms with Gasteiger partial charge in [0.15, 0.2) is 0 Å². The second kappa shape index (κ2) is 6.37. The van der Waals surface area contributed by atoms with Crippen LogP contribution in [0.5, 0.6) is 0 Å². The van der Waals surface area contributed by atoms with E-state index in [9.17, 15) is 4.21 Å². The van der Waals surface area contributed by atoms with Crippen LogP contribution in [0.15, 0.2) is 0 Å². The Kier molecular flexibility index (Phi) is 5.44. The third-order valence-corrected chi connectivity index (χ3v) is 3.69.